The van der Waals surface area contributed by atoms with Crippen molar-refractivity contribution in [3.8, 4) is 18.2 Å². The Balaban J connectivity index is 3.04. The van der Waals surface area contributed by atoms with E-state index in [-0.39, 0.29) is 11.4 Å². The summed E-state index contributed by atoms with van der Waals surface area (Å²) < 4.78 is 18.9. The van der Waals surface area contributed by atoms with Crippen LogP contribution in [0.4, 0.5) is 15.8 Å². The first-order valence-corrected chi connectivity index (χ1v) is 6.40. The molecule has 112 valence electrons. The van der Waals surface area contributed by atoms with Gasteiger partial charge in [0.05, 0.1) is 11.4 Å². The summed E-state index contributed by atoms with van der Waals surface area (Å²) >= 11 is 0. The quantitative estimate of drug-likeness (QED) is 0.592. The molecule has 0 aromatic heterocycles. The Bertz CT molecular complexity index is 663. The molecule has 0 atom stereocenters. The molecule has 0 saturated heterocycles. The Morgan fingerprint density at radius 3 is 2.55 bits per heavy atom. The largest absolute Gasteiger partial charge is 0.385 e. The zero-order chi connectivity index (χ0) is 16.4. The normalized spacial score (nSPS) is 9.05. The first-order valence-electron chi connectivity index (χ1n) is 6.40. The van der Waals surface area contributed by atoms with E-state index in [2.05, 4.69) is 10.6 Å². The molecule has 7 heteroatoms. The molecule has 0 radical (unpaired) electrons. The van der Waals surface area contributed by atoms with Crippen molar-refractivity contribution in [2.45, 2.75) is 6.42 Å². The van der Waals surface area contributed by atoms with Crippen LogP contribution in [0.1, 0.15) is 6.42 Å². The molecule has 1 aromatic rings. The van der Waals surface area contributed by atoms with Crippen LogP contribution < -0.4 is 10.6 Å². The standard InChI is InChI=1S/C15H14FN5O/c1-22-7-3-6-20-13-5-2-4-12(16)15(13)21-14(10-19)11(8-17)9-18/h2,4-5,20-21H,3,6-7H2,1H3. The highest BCUT2D eigenvalue weighted by Gasteiger charge is 2.13. The molecule has 0 aliphatic rings. The number of allylic oxidation sites excluding steroid dienone is 2. The summed E-state index contributed by atoms with van der Waals surface area (Å²) in [6.07, 6.45) is 0.717. The maximum absolute atomic E-state index is 14.0. The van der Waals surface area contributed by atoms with Crippen molar-refractivity contribution < 1.29 is 9.13 Å². The van der Waals surface area contributed by atoms with Gasteiger partial charge in [-0.05, 0) is 18.6 Å². The van der Waals surface area contributed by atoms with Crippen molar-refractivity contribution in [1.29, 1.82) is 15.8 Å². The lowest BCUT2D eigenvalue weighted by Crippen LogP contribution is -2.09. The number of para-hydroxylation sites is 1. The Morgan fingerprint density at radius 1 is 1.23 bits per heavy atom. The molecule has 1 aromatic carbocycles. The van der Waals surface area contributed by atoms with Crippen molar-refractivity contribution in [2.75, 3.05) is 30.9 Å². The smallest absolute Gasteiger partial charge is 0.163 e. The minimum Gasteiger partial charge on any atom is -0.385 e. The van der Waals surface area contributed by atoms with Crippen LogP contribution in [0.2, 0.25) is 0 Å². The van der Waals surface area contributed by atoms with Gasteiger partial charge in [0.2, 0.25) is 0 Å². The third-order valence-electron chi connectivity index (χ3n) is 2.69. The molecule has 0 aliphatic heterocycles. The molecule has 0 amide bonds. The highest BCUT2D eigenvalue weighted by atomic mass is 19.1. The third-order valence-corrected chi connectivity index (χ3v) is 2.69. The molecule has 22 heavy (non-hydrogen) atoms. The van der Waals surface area contributed by atoms with Crippen LogP contribution in [0.25, 0.3) is 0 Å². The van der Waals surface area contributed by atoms with Crippen LogP contribution in [-0.2, 0) is 4.74 Å². The Morgan fingerprint density at radius 2 is 1.95 bits per heavy atom. The molecular weight excluding hydrogens is 285 g/mol. The summed E-state index contributed by atoms with van der Waals surface area (Å²) in [5.41, 5.74) is -0.260. The molecule has 0 spiro atoms. The second-order valence-electron chi connectivity index (χ2n) is 4.15. The van der Waals surface area contributed by atoms with Gasteiger partial charge in [0.1, 0.15) is 29.7 Å². The predicted molar refractivity (Wildman–Crippen MR) is 78.9 cm³/mol. The maximum Gasteiger partial charge on any atom is 0.163 e. The lowest BCUT2D eigenvalue weighted by atomic mass is 10.2. The monoisotopic (exact) mass is 299 g/mol. The van der Waals surface area contributed by atoms with Gasteiger partial charge >= 0.3 is 0 Å². The maximum atomic E-state index is 14.0. The van der Waals surface area contributed by atoms with Crippen molar-refractivity contribution in [3.63, 3.8) is 0 Å². The SMILES string of the molecule is COCCCNc1cccc(F)c1NC(C#N)=C(C#N)C#N. The lowest BCUT2D eigenvalue weighted by molar-refractivity contribution is 0.198. The third kappa shape index (κ3) is 4.49. The fourth-order valence-corrected chi connectivity index (χ4v) is 1.65. The Kier molecular flexibility index (Phi) is 6.92. The van der Waals surface area contributed by atoms with Crippen molar-refractivity contribution in [1.82, 2.24) is 0 Å². The van der Waals surface area contributed by atoms with Crippen LogP contribution in [-0.4, -0.2) is 20.3 Å². The molecule has 0 fully saturated rings. The number of anilines is 2. The molecule has 0 unspecified atom stereocenters. The number of rotatable bonds is 7. The molecule has 0 heterocycles. The number of methoxy groups -OCH3 is 1. The number of halogens is 1. The van der Waals surface area contributed by atoms with Gasteiger partial charge in [-0.1, -0.05) is 6.07 Å². The molecule has 0 saturated carbocycles. The zero-order valence-corrected chi connectivity index (χ0v) is 12.0. The van der Waals surface area contributed by atoms with Crippen molar-refractivity contribution in [2.24, 2.45) is 0 Å². The molecular formula is C15H14FN5O. The van der Waals surface area contributed by atoms with Gasteiger partial charge in [-0.25, -0.2) is 4.39 Å². The van der Waals surface area contributed by atoms with Gasteiger partial charge in [0, 0.05) is 20.3 Å². The number of nitrogens with one attached hydrogen (secondary N) is 2. The number of hydrogen-bond donors (Lipinski definition) is 2. The molecule has 2 N–H and O–H groups in total. The van der Waals surface area contributed by atoms with E-state index in [0.29, 0.717) is 18.8 Å². The average molecular weight is 299 g/mol. The summed E-state index contributed by atoms with van der Waals surface area (Å²) in [5.74, 6) is -0.597. The number of benzene rings is 1. The summed E-state index contributed by atoms with van der Waals surface area (Å²) in [5, 5.41) is 32.1. The van der Waals surface area contributed by atoms with Crippen LogP contribution in [0, 0.1) is 39.8 Å². The summed E-state index contributed by atoms with van der Waals surface area (Å²) in [6, 6.07) is 9.25. The highest BCUT2D eigenvalue weighted by Crippen LogP contribution is 2.26. The number of nitrogens with zero attached hydrogens (tertiary/aromatic N) is 3. The van der Waals surface area contributed by atoms with Gasteiger partial charge in [-0.3, -0.25) is 0 Å². The van der Waals surface area contributed by atoms with Gasteiger partial charge in [0.25, 0.3) is 0 Å². The molecule has 0 aliphatic carbocycles. The predicted octanol–water partition coefficient (Wildman–Crippen LogP) is 2.51. The van der Waals surface area contributed by atoms with Crippen LogP contribution >= 0.6 is 0 Å². The van der Waals surface area contributed by atoms with Gasteiger partial charge in [0.15, 0.2) is 5.57 Å². The molecule has 0 bridgehead atoms. The minimum atomic E-state index is -0.597. The second kappa shape index (κ2) is 8.97. The van der Waals surface area contributed by atoms with Crippen LogP contribution in [0.5, 0.6) is 0 Å². The number of nitriles is 3. The first-order chi connectivity index (χ1) is 10.7. The van der Waals surface area contributed by atoms with Gasteiger partial charge in [-0.2, -0.15) is 15.8 Å². The van der Waals surface area contributed by atoms with Crippen LogP contribution in [0.15, 0.2) is 29.5 Å². The van der Waals surface area contributed by atoms with E-state index in [0.717, 1.165) is 6.42 Å². The van der Waals surface area contributed by atoms with E-state index >= 15 is 0 Å². The summed E-state index contributed by atoms with van der Waals surface area (Å²) in [6.45, 7) is 1.10. The van der Waals surface area contributed by atoms with Crippen LogP contribution in [0.3, 0.4) is 0 Å². The van der Waals surface area contributed by atoms with E-state index in [4.69, 9.17) is 20.5 Å². The van der Waals surface area contributed by atoms with E-state index in [1.165, 1.54) is 12.1 Å². The minimum absolute atomic E-state index is 0.0134. The van der Waals surface area contributed by atoms with E-state index in [1.807, 2.05) is 0 Å². The number of hydrogen-bond acceptors (Lipinski definition) is 6. The number of ether oxygens (including phenoxy) is 1. The topological polar surface area (TPSA) is 105 Å². The van der Waals surface area contributed by atoms with Gasteiger partial charge < -0.3 is 15.4 Å². The average Bonchev–Trinajstić information content (AvgIpc) is 2.53. The van der Waals surface area contributed by atoms with E-state index < -0.39 is 11.4 Å². The highest BCUT2D eigenvalue weighted by molar-refractivity contribution is 5.73. The first kappa shape index (κ1) is 17.0. The molecule has 6 nitrogen and oxygen atoms in total. The van der Waals surface area contributed by atoms with E-state index in [1.54, 1.807) is 31.4 Å². The fourth-order valence-electron chi connectivity index (χ4n) is 1.65. The van der Waals surface area contributed by atoms with Crippen molar-refractivity contribution in [3.05, 3.63) is 35.3 Å². The summed E-state index contributed by atoms with van der Waals surface area (Å²) in [4.78, 5) is 0. The Labute approximate surface area is 128 Å². The van der Waals surface area contributed by atoms with E-state index in [9.17, 15) is 4.39 Å². The zero-order valence-electron chi connectivity index (χ0n) is 12.0. The fraction of sp³-hybridized carbons (Fsp3) is 0.267. The lowest BCUT2D eigenvalue weighted by Gasteiger charge is -2.14. The Hall–Kier alpha value is -3.08. The molecule has 1 rings (SSSR count). The van der Waals surface area contributed by atoms with Crippen molar-refractivity contribution >= 4 is 11.4 Å². The second-order valence-corrected chi connectivity index (χ2v) is 4.15. The van der Waals surface area contributed by atoms with Gasteiger partial charge in [-0.15, -0.1) is 0 Å². The summed E-state index contributed by atoms with van der Waals surface area (Å²) in [7, 11) is 1.59.